The summed E-state index contributed by atoms with van der Waals surface area (Å²) in [6.45, 7) is 6.91. The van der Waals surface area contributed by atoms with Gasteiger partial charge in [-0.1, -0.05) is 13.8 Å². The normalized spacial score (nSPS) is 30.6. The molecule has 158 valence electrons. The number of hydrogen-bond acceptors (Lipinski definition) is 4. The molecule has 4 aliphatic rings. The van der Waals surface area contributed by atoms with Crippen LogP contribution >= 0.6 is 0 Å². The van der Waals surface area contributed by atoms with Gasteiger partial charge in [0.15, 0.2) is 17.9 Å². The molecule has 0 radical (unpaired) electrons. The van der Waals surface area contributed by atoms with E-state index in [-0.39, 0.29) is 0 Å². The Morgan fingerprint density at radius 1 is 1.00 bits per heavy atom. The van der Waals surface area contributed by atoms with Gasteiger partial charge in [-0.25, -0.2) is 8.42 Å². The van der Waals surface area contributed by atoms with Gasteiger partial charge in [0.05, 0.1) is 10.1 Å². The topological polar surface area (TPSA) is 64.3 Å². The molecule has 0 N–H and O–H groups in total. The van der Waals surface area contributed by atoms with Gasteiger partial charge in [0.1, 0.15) is 0 Å². The Bertz CT molecular complexity index is 696. The second-order valence-corrected chi connectivity index (χ2v) is 10.7. The summed E-state index contributed by atoms with van der Waals surface area (Å²) in [4.78, 5) is 2.55. The lowest BCUT2D eigenvalue weighted by Gasteiger charge is -2.53. The first-order chi connectivity index (χ1) is 13.2. The Morgan fingerprint density at radius 3 is 1.75 bits per heavy atom. The lowest BCUT2D eigenvalue weighted by molar-refractivity contribution is -0.776. The standard InChI is InChI=1S/C21H33N2.CH4O3S/c1-3-7-22(8-4-2)20-5-9-23(10-6-20)21-14-17-11-18(15-21)13-19(12-17)16-21;1-5(2,3)4/h5-6,9-10,17-19H,3-4,7-8,11-16H2,1-2H3;1H3,(H,2,3,4)/q+1;/p-1. The highest BCUT2D eigenvalue weighted by atomic mass is 32.2. The van der Waals surface area contributed by atoms with Crippen molar-refractivity contribution < 1.29 is 17.5 Å². The minimum atomic E-state index is -3.92. The van der Waals surface area contributed by atoms with Crippen molar-refractivity contribution in [2.75, 3.05) is 24.2 Å². The molecule has 4 bridgehead atoms. The van der Waals surface area contributed by atoms with Crippen LogP contribution < -0.4 is 9.47 Å². The molecular formula is C22H36N2O3S. The Labute approximate surface area is 170 Å². The van der Waals surface area contributed by atoms with Gasteiger partial charge in [0.25, 0.3) is 0 Å². The zero-order valence-electron chi connectivity index (χ0n) is 17.6. The van der Waals surface area contributed by atoms with Crippen molar-refractivity contribution in [2.24, 2.45) is 17.8 Å². The SMILES string of the molecule is CCCN(CCC)c1cc[n+](C23CC4CC(CC(C4)C2)C3)cc1.CS(=O)(=O)[O-]. The van der Waals surface area contributed by atoms with Crippen molar-refractivity contribution in [3.05, 3.63) is 24.5 Å². The molecule has 0 amide bonds. The van der Waals surface area contributed by atoms with Crippen molar-refractivity contribution in [1.29, 1.82) is 0 Å². The molecule has 0 saturated heterocycles. The number of hydrogen-bond donors (Lipinski definition) is 0. The van der Waals surface area contributed by atoms with Gasteiger partial charge < -0.3 is 9.45 Å². The zero-order chi connectivity index (χ0) is 20.4. The van der Waals surface area contributed by atoms with E-state index in [1.54, 1.807) is 0 Å². The largest absolute Gasteiger partial charge is 0.748 e. The Hall–Kier alpha value is -1.14. The van der Waals surface area contributed by atoms with E-state index in [1.807, 2.05) is 0 Å². The van der Waals surface area contributed by atoms with Gasteiger partial charge in [-0.05, 0) is 49.9 Å². The molecule has 4 saturated carbocycles. The number of rotatable bonds is 6. The molecule has 0 atom stereocenters. The van der Waals surface area contributed by atoms with Crippen LogP contribution in [0.3, 0.4) is 0 Å². The maximum Gasteiger partial charge on any atom is 0.171 e. The highest BCUT2D eigenvalue weighted by Gasteiger charge is 2.56. The minimum absolute atomic E-state index is 0.466. The van der Waals surface area contributed by atoms with Crippen LogP contribution in [0.4, 0.5) is 5.69 Å². The van der Waals surface area contributed by atoms with Gasteiger partial charge in [-0.15, -0.1) is 0 Å². The van der Waals surface area contributed by atoms with Crippen molar-refractivity contribution in [3.8, 4) is 0 Å². The Morgan fingerprint density at radius 2 is 1.39 bits per heavy atom. The lowest BCUT2D eigenvalue weighted by Crippen LogP contribution is -2.64. The van der Waals surface area contributed by atoms with E-state index in [2.05, 4.69) is 47.8 Å². The first-order valence-corrected chi connectivity index (χ1v) is 12.7. The van der Waals surface area contributed by atoms with Crippen LogP contribution in [0, 0.1) is 17.8 Å². The molecule has 4 fully saturated rings. The van der Waals surface area contributed by atoms with E-state index < -0.39 is 10.1 Å². The summed E-state index contributed by atoms with van der Waals surface area (Å²) in [6, 6.07) is 4.76. The van der Waals surface area contributed by atoms with Crippen molar-refractivity contribution >= 4 is 15.8 Å². The highest BCUT2D eigenvalue weighted by Crippen LogP contribution is 2.56. The third kappa shape index (κ3) is 5.26. The maximum atomic E-state index is 9.08. The van der Waals surface area contributed by atoms with Gasteiger partial charge in [0, 0.05) is 56.4 Å². The monoisotopic (exact) mass is 408 g/mol. The van der Waals surface area contributed by atoms with E-state index in [0.29, 0.717) is 11.8 Å². The molecule has 0 spiro atoms. The van der Waals surface area contributed by atoms with E-state index in [9.17, 15) is 0 Å². The molecule has 0 aromatic carbocycles. The third-order valence-corrected chi connectivity index (χ3v) is 6.72. The quantitative estimate of drug-likeness (QED) is 0.532. The maximum absolute atomic E-state index is 9.08. The summed E-state index contributed by atoms with van der Waals surface area (Å²) < 4.78 is 29.8. The van der Waals surface area contributed by atoms with Gasteiger partial charge >= 0.3 is 0 Å². The third-order valence-electron chi connectivity index (χ3n) is 6.72. The summed E-state index contributed by atoms with van der Waals surface area (Å²) >= 11 is 0. The molecule has 1 aromatic heterocycles. The fourth-order valence-corrected chi connectivity index (χ4v) is 6.24. The second-order valence-electron chi connectivity index (χ2n) is 9.30. The predicted molar refractivity (Wildman–Crippen MR) is 111 cm³/mol. The molecule has 1 heterocycles. The van der Waals surface area contributed by atoms with E-state index >= 15 is 0 Å². The summed E-state index contributed by atoms with van der Waals surface area (Å²) in [6.07, 6.45) is 16.8. The molecule has 1 aromatic rings. The summed E-state index contributed by atoms with van der Waals surface area (Å²) in [5, 5.41) is 0. The van der Waals surface area contributed by atoms with Crippen LogP contribution in [0.1, 0.15) is 65.2 Å². The fourth-order valence-electron chi connectivity index (χ4n) is 6.24. The van der Waals surface area contributed by atoms with Crippen LogP contribution in [0.2, 0.25) is 0 Å². The molecule has 5 nitrogen and oxygen atoms in total. The number of aromatic nitrogens is 1. The first kappa shape index (κ1) is 21.6. The summed E-state index contributed by atoms with van der Waals surface area (Å²) in [7, 11) is -3.92. The molecule has 0 unspecified atom stereocenters. The van der Waals surface area contributed by atoms with E-state index in [1.165, 1.54) is 70.1 Å². The lowest BCUT2D eigenvalue weighted by atomic mass is 9.53. The average Bonchev–Trinajstić information content (AvgIpc) is 2.59. The van der Waals surface area contributed by atoms with Crippen LogP contribution in [0.25, 0.3) is 0 Å². The first-order valence-electron chi connectivity index (χ1n) is 10.9. The van der Waals surface area contributed by atoms with Crippen molar-refractivity contribution in [3.63, 3.8) is 0 Å². The second kappa shape index (κ2) is 8.70. The number of anilines is 1. The summed E-state index contributed by atoms with van der Waals surface area (Å²) in [5.74, 6) is 3.06. The molecule has 5 rings (SSSR count). The molecule has 28 heavy (non-hydrogen) atoms. The number of nitrogens with zero attached hydrogens (tertiary/aromatic N) is 2. The summed E-state index contributed by atoms with van der Waals surface area (Å²) in [5.41, 5.74) is 1.88. The minimum Gasteiger partial charge on any atom is -0.748 e. The van der Waals surface area contributed by atoms with Gasteiger partial charge in [0.2, 0.25) is 0 Å². The van der Waals surface area contributed by atoms with Gasteiger partial charge in [-0.2, -0.15) is 4.57 Å². The smallest absolute Gasteiger partial charge is 0.171 e. The van der Waals surface area contributed by atoms with Crippen LogP contribution in [0.5, 0.6) is 0 Å². The van der Waals surface area contributed by atoms with Crippen LogP contribution in [-0.2, 0) is 15.7 Å². The van der Waals surface area contributed by atoms with E-state index in [4.69, 9.17) is 13.0 Å². The predicted octanol–water partition coefficient (Wildman–Crippen LogP) is 3.69. The van der Waals surface area contributed by atoms with Crippen molar-refractivity contribution in [2.45, 2.75) is 70.8 Å². The van der Waals surface area contributed by atoms with Crippen molar-refractivity contribution in [1.82, 2.24) is 0 Å². The molecule has 0 aliphatic heterocycles. The number of pyridine rings is 1. The molecule has 4 aliphatic carbocycles. The van der Waals surface area contributed by atoms with E-state index in [0.717, 1.165) is 17.8 Å². The zero-order valence-corrected chi connectivity index (χ0v) is 18.5. The Kier molecular flexibility index (Phi) is 6.70. The fraction of sp³-hybridized carbons (Fsp3) is 0.773. The Balaban J connectivity index is 0.000000403. The van der Waals surface area contributed by atoms with Crippen LogP contribution in [0.15, 0.2) is 24.5 Å². The van der Waals surface area contributed by atoms with Crippen LogP contribution in [-0.4, -0.2) is 32.3 Å². The molecule has 6 heteroatoms. The van der Waals surface area contributed by atoms with Gasteiger partial charge in [-0.3, -0.25) is 0 Å². The molecular weight excluding hydrogens is 372 g/mol. The average molecular weight is 409 g/mol. The highest BCUT2D eigenvalue weighted by molar-refractivity contribution is 7.84.